The molecular weight excluding hydrogens is 236 g/mol. The molecule has 0 saturated heterocycles. The van der Waals surface area contributed by atoms with E-state index in [1.807, 2.05) is 6.92 Å². The Morgan fingerprint density at radius 3 is 2.21 bits per heavy atom. The zero-order valence-electron chi connectivity index (χ0n) is 13.4. The summed E-state index contributed by atoms with van der Waals surface area (Å²) in [5.74, 6) is 1.82. The Hall–Kier alpha value is -1.19. The number of nitrogens with zero attached hydrogens (tertiary/aromatic N) is 3. The fourth-order valence-corrected chi connectivity index (χ4v) is 2.45. The van der Waals surface area contributed by atoms with Gasteiger partial charge in [0.1, 0.15) is 0 Å². The van der Waals surface area contributed by atoms with Crippen molar-refractivity contribution >= 4 is 11.5 Å². The van der Waals surface area contributed by atoms with Crippen LogP contribution in [0.3, 0.4) is 0 Å². The van der Waals surface area contributed by atoms with Gasteiger partial charge in [-0.3, -0.25) is 0 Å². The second-order valence-electron chi connectivity index (χ2n) is 5.58. The highest BCUT2D eigenvalue weighted by atomic mass is 15.4. The van der Waals surface area contributed by atoms with Gasteiger partial charge < -0.3 is 10.6 Å². The number of nitrogen functional groups attached to an aromatic ring is 1. The number of anilines is 2. The van der Waals surface area contributed by atoms with Crippen LogP contribution in [-0.4, -0.2) is 22.9 Å². The van der Waals surface area contributed by atoms with E-state index in [0.29, 0.717) is 6.04 Å². The first-order valence-electron chi connectivity index (χ1n) is 7.55. The Kier molecular flexibility index (Phi) is 5.70. The molecule has 0 fully saturated rings. The van der Waals surface area contributed by atoms with Gasteiger partial charge in [0, 0.05) is 19.1 Å². The molecule has 0 aromatic carbocycles. The lowest BCUT2D eigenvalue weighted by molar-refractivity contribution is 0.468. The molecule has 0 aliphatic heterocycles. The highest BCUT2D eigenvalue weighted by Crippen LogP contribution is 2.30. The molecule has 1 rings (SSSR count). The van der Waals surface area contributed by atoms with E-state index in [0.717, 1.165) is 36.2 Å². The van der Waals surface area contributed by atoms with Gasteiger partial charge in [0.2, 0.25) is 0 Å². The van der Waals surface area contributed by atoms with E-state index in [1.165, 1.54) is 12.8 Å². The van der Waals surface area contributed by atoms with Crippen molar-refractivity contribution in [2.75, 3.05) is 23.7 Å². The van der Waals surface area contributed by atoms with Gasteiger partial charge >= 0.3 is 0 Å². The summed E-state index contributed by atoms with van der Waals surface area (Å²) >= 11 is 0. The molecule has 2 N–H and O–H groups in total. The van der Waals surface area contributed by atoms with Crippen LogP contribution in [0, 0.1) is 12.8 Å². The number of rotatable bonds is 7. The molecule has 0 radical (unpaired) electrons. The molecule has 0 aliphatic rings. The smallest absolute Gasteiger partial charge is 0.150 e. The lowest BCUT2D eigenvalue weighted by Crippen LogP contribution is -2.32. The molecule has 19 heavy (non-hydrogen) atoms. The summed E-state index contributed by atoms with van der Waals surface area (Å²) in [6.45, 7) is 15.0. The minimum atomic E-state index is 0.335. The number of hydrogen-bond acceptors (Lipinski definition) is 3. The average molecular weight is 266 g/mol. The Morgan fingerprint density at radius 2 is 1.79 bits per heavy atom. The fourth-order valence-electron chi connectivity index (χ4n) is 2.45. The molecule has 110 valence electrons. The van der Waals surface area contributed by atoms with Crippen molar-refractivity contribution in [3.05, 3.63) is 5.69 Å². The molecule has 0 bridgehead atoms. The SMILES string of the molecule is CCC(CC)CN(CC)c1c(N)c(C)nn1C(C)C. The number of hydrogen-bond donors (Lipinski definition) is 1. The average Bonchev–Trinajstić information content (AvgIpc) is 2.68. The van der Waals surface area contributed by atoms with Gasteiger partial charge in [-0.15, -0.1) is 0 Å². The highest BCUT2D eigenvalue weighted by Gasteiger charge is 2.21. The quantitative estimate of drug-likeness (QED) is 0.820. The van der Waals surface area contributed by atoms with Gasteiger partial charge in [-0.25, -0.2) is 4.68 Å². The van der Waals surface area contributed by atoms with E-state index in [-0.39, 0.29) is 0 Å². The van der Waals surface area contributed by atoms with Crippen LogP contribution in [0.25, 0.3) is 0 Å². The van der Waals surface area contributed by atoms with Crippen molar-refractivity contribution in [1.29, 1.82) is 0 Å². The van der Waals surface area contributed by atoms with Crippen LogP contribution < -0.4 is 10.6 Å². The molecular formula is C15H30N4. The first-order valence-corrected chi connectivity index (χ1v) is 7.55. The van der Waals surface area contributed by atoms with Gasteiger partial charge in [-0.1, -0.05) is 26.7 Å². The van der Waals surface area contributed by atoms with E-state index in [2.05, 4.69) is 49.3 Å². The van der Waals surface area contributed by atoms with Gasteiger partial charge in [-0.05, 0) is 33.6 Å². The summed E-state index contributed by atoms with van der Waals surface area (Å²) in [5, 5.41) is 4.59. The lowest BCUT2D eigenvalue weighted by Gasteiger charge is -2.29. The summed E-state index contributed by atoms with van der Waals surface area (Å²) < 4.78 is 2.07. The standard InChI is InChI=1S/C15H30N4/c1-7-13(8-2)10-18(9-3)15-14(16)12(6)17-19(15)11(4)5/h11,13H,7-10,16H2,1-6H3. The molecule has 0 spiro atoms. The summed E-state index contributed by atoms with van der Waals surface area (Å²) in [7, 11) is 0. The second kappa shape index (κ2) is 6.83. The maximum atomic E-state index is 6.25. The second-order valence-corrected chi connectivity index (χ2v) is 5.58. The predicted octanol–water partition coefficient (Wildman–Crippen LogP) is 3.62. The van der Waals surface area contributed by atoms with E-state index in [9.17, 15) is 0 Å². The number of aromatic nitrogens is 2. The maximum absolute atomic E-state index is 6.25. The molecule has 0 atom stereocenters. The van der Waals surface area contributed by atoms with Crippen molar-refractivity contribution in [3.63, 3.8) is 0 Å². The van der Waals surface area contributed by atoms with Crippen LogP contribution in [0.4, 0.5) is 11.5 Å². The van der Waals surface area contributed by atoms with Gasteiger partial charge in [0.15, 0.2) is 5.82 Å². The summed E-state index contributed by atoms with van der Waals surface area (Å²) in [4.78, 5) is 2.38. The molecule has 1 aromatic heterocycles. The Bertz CT molecular complexity index is 391. The molecule has 4 heteroatoms. The van der Waals surface area contributed by atoms with Crippen molar-refractivity contribution in [2.24, 2.45) is 5.92 Å². The van der Waals surface area contributed by atoms with Crippen LogP contribution in [0.2, 0.25) is 0 Å². The lowest BCUT2D eigenvalue weighted by atomic mass is 10.0. The summed E-state index contributed by atoms with van der Waals surface area (Å²) in [6, 6.07) is 0.335. The Morgan fingerprint density at radius 1 is 1.21 bits per heavy atom. The van der Waals surface area contributed by atoms with Crippen LogP contribution in [0.5, 0.6) is 0 Å². The molecule has 4 nitrogen and oxygen atoms in total. The zero-order chi connectivity index (χ0) is 14.6. The highest BCUT2D eigenvalue weighted by molar-refractivity contribution is 5.66. The molecule has 0 saturated carbocycles. The van der Waals surface area contributed by atoms with Crippen molar-refractivity contribution < 1.29 is 0 Å². The summed E-state index contributed by atoms with van der Waals surface area (Å²) in [5.41, 5.74) is 8.02. The molecule has 0 unspecified atom stereocenters. The van der Waals surface area contributed by atoms with Crippen LogP contribution in [0.15, 0.2) is 0 Å². The fraction of sp³-hybridized carbons (Fsp3) is 0.800. The number of aryl methyl sites for hydroxylation is 1. The third-order valence-electron chi connectivity index (χ3n) is 3.91. The molecule has 1 heterocycles. The minimum Gasteiger partial charge on any atom is -0.394 e. The maximum Gasteiger partial charge on any atom is 0.150 e. The van der Waals surface area contributed by atoms with Crippen LogP contribution in [-0.2, 0) is 0 Å². The third-order valence-corrected chi connectivity index (χ3v) is 3.91. The summed E-state index contributed by atoms with van der Waals surface area (Å²) in [6.07, 6.45) is 2.42. The third kappa shape index (κ3) is 3.43. The topological polar surface area (TPSA) is 47.1 Å². The molecule has 1 aromatic rings. The van der Waals surface area contributed by atoms with E-state index < -0.39 is 0 Å². The van der Waals surface area contributed by atoms with E-state index in [1.54, 1.807) is 0 Å². The zero-order valence-corrected chi connectivity index (χ0v) is 13.4. The van der Waals surface area contributed by atoms with E-state index >= 15 is 0 Å². The molecule has 0 amide bonds. The normalized spacial score (nSPS) is 11.6. The first-order chi connectivity index (χ1) is 8.96. The monoisotopic (exact) mass is 266 g/mol. The Labute approximate surface area is 118 Å². The van der Waals surface area contributed by atoms with Gasteiger partial charge in [0.25, 0.3) is 0 Å². The van der Waals surface area contributed by atoms with Crippen LogP contribution >= 0.6 is 0 Å². The van der Waals surface area contributed by atoms with Crippen molar-refractivity contribution in [3.8, 4) is 0 Å². The first kappa shape index (κ1) is 15.9. The van der Waals surface area contributed by atoms with E-state index in [4.69, 9.17) is 5.73 Å². The van der Waals surface area contributed by atoms with Gasteiger partial charge in [-0.2, -0.15) is 5.10 Å². The van der Waals surface area contributed by atoms with Crippen molar-refractivity contribution in [1.82, 2.24) is 9.78 Å². The van der Waals surface area contributed by atoms with Crippen molar-refractivity contribution in [2.45, 2.75) is 60.4 Å². The van der Waals surface area contributed by atoms with Gasteiger partial charge in [0.05, 0.1) is 11.4 Å². The predicted molar refractivity (Wildman–Crippen MR) is 83.7 cm³/mol. The number of nitrogens with two attached hydrogens (primary N) is 1. The van der Waals surface area contributed by atoms with Crippen LogP contribution in [0.1, 0.15) is 59.2 Å². The molecule has 0 aliphatic carbocycles. The largest absolute Gasteiger partial charge is 0.394 e. The minimum absolute atomic E-state index is 0.335. The Balaban J connectivity index is 3.10.